The summed E-state index contributed by atoms with van der Waals surface area (Å²) in [6.45, 7) is 0. The van der Waals surface area contributed by atoms with E-state index in [2.05, 4.69) is 0 Å². The third-order valence-corrected chi connectivity index (χ3v) is 3.23. The van der Waals surface area contributed by atoms with E-state index in [0.717, 1.165) is 6.07 Å². The molecule has 1 atom stereocenters. The van der Waals surface area contributed by atoms with Gasteiger partial charge in [-0.25, -0.2) is 8.78 Å². The summed E-state index contributed by atoms with van der Waals surface area (Å²) >= 11 is 1.43. The quantitative estimate of drug-likeness (QED) is 0.939. The highest BCUT2D eigenvalue weighted by Gasteiger charge is 2.21. The molecule has 0 bridgehead atoms. The molecular weight excluding hydrogens is 280 g/mol. The largest absolute Gasteiger partial charge is 0.494 e. The molecule has 6 heteroatoms. The van der Waals surface area contributed by atoms with E-state index in [9.17, 15) is 8.78 Å². The Morgan fingerprint density at radius 3 is 2.56 bits per heavy atom. The van der Waals surface area contributed by atoms with Gasteiger partial charge in [0.25, 0.3) is 0 Å². The number of hydrogen-bond acceptors (Lipinski definition) is 3. The molecule has 2 rings (SSSR count). The summed E-state index contributed by atoms with van der Waals surface area (Å²) in [5.41, 5.74) is 6.37. The molecule has 2 aromatic rings. The molecule has 2 nitrogen and oxygen atoms in total. The molecular formula is C12H12ClF2NOS. The summed E-state index contributed by atoms with van der Waals surface area (Å²) in [5, 5.41) is 3.58. The van der Waals surface area contributed by atoms with Crippen molar-refractivity contribution >= 4 is 23.7 Å². The summed E-state index contributed by atoms with van der Waals surface area (Å²) in [5.74, 6) is -1.42. The van der Waals surface area contributed by atoms with E-state index >= 15 is 0 Å². The van der Waals surface area contributed by atoms with Crippen molar-refractivity contribution in [2.75, 3.05) is 7.11 Å². The molecule has 1 heterocycles. The fourth-order valence-corrected chi connectivity index (χ4v) is 2.31. The zero-order chi connectivity index (χ0) is 12.4. The van der Waals surface area contributed by atoms with Gasteiger partial charge in [-0.3, -0.25) is 0 Å². The lowest BCUT2D eigenvalue weighted by atomic mass is 10.0. The summed E-state index contributed by atoms with van der Waals surface area (Å²) < 4.78 is 32.4. The molecule has 0 aliphatic heterocycles. The van der Waals surface area contributed by atoms with Crippen LogP contribution < -0.4 is 10.5 Å². The molecule has 98 valence electrons. The minimum atomic E-state index is -0.823. The van der Waals surface area contributed by atoms with Crippen molar-refractivity contribution in [1.29, 1.82) is 0 Å². The summed E-state index contributed by atoms with van der Waals surface area (Å²) in [7, 11) is 1.33. The van der Waals surface area contributed by atoms with Gasteiger partial charge in [0.05, 0.1) is 13.2 Å². The van der Waals surface area contributed by atoms with E-state index in [-0.39, 0.29) is 23.7 Å². The van der Waals surface area contributed by atoms with Crippen LogP contribution in [0.4, 0.5) is 8.78 Å². The number of thiophene rings is 1. The molecule has 0 saturated heterocycles. The number of ether oxygens (including phenoxy) is 1. The number of methoxy groups -OCH3 is 1. The average Bonchev–Trinajstić information content (AvgIpc) is 2.82. The van der Waals surface area contributed by atoms with E-state index in [1.54, 1.807) is 11.4 Å². The van der Waals surface area contributed by atoms with E-state index in [0.29, 0.717) is 5.56 Å². The molecule has 18 heavy (non-hydrogen) atoms. The zero-order valence-corrected chi connectivity index (χ0v) is 11.2. The normalized spacial score (nSPS) is 11.8. The SMILES string of the molecule is COc1ccc(F)c([C@@H](N)c2ccsc2)c1F.Cl. The highest BCUT2D eigenvalue weighted by atomic mass is 35.5. The Hall–Kier alpha value is -1.17. The van der Waals surface area contributed by atoms with Crippen molar-refractivity contribution in [3.63, 3.8) is 0 Å². The van der Waals surface area contributed by atoms with E-state index in [4.69, 9.17) is 10.5 Å². The topological polar surface area (TPSA) is 35.2 Å². The van der Waals surface area contributed by atoms with E-state index in [1.165, 1.54) is 24.5 Å². The van der Waals surface area contributed by atoms with Crippen molar-refractivity contribution in [2.45, 2.75) is 6.04 Å². The van der Waals surface area contributed by atoms with Crippen LogP contribution in [-0.2, 0) is 0 Å². The lowest BCUT2D eigenvalue weighted by Gasteiger charge is -2.14. The fourth-order valence-electron chi connectivity index (χ4n) is 1.61. The van der Waals surface area contributed by atoms with Crippen LogP contribution in [0, 0.1) is 11.6 Å². The summed E-state index contributed by atoms with van der Waals surface area (Å²) in [6.07, 6.45) is 0. The highest BCUT2D eigenvalue weighted by molar-refractivity contribution is 7.08. The van der Waals surface area contributed by atoms with Gasteiger partial charge in [-0.1, -0.05) is 0 Å². The molecule has 0 spiro atoms. The smallest absolute Gasteiger partial charge is 0.173 e. The molecule has 1 aromatic heterocycles. The fraction of sp³-hybridized carbons (Fsp3) is 0.167. The predicted molar refractivity (Wildman–Crippen MR) is 70.5 cm³/mol. The van der Waals surface area contributed by atoms with Crippen LogP contribution in [0.1, 0.15) is 17.2 Å². The molecule has 0 fully saturated rings. The first-order valence-electron chi connectivity index (χ1n) is 4.94. The van der Waals surface area contributed by atoms with Gasteiger partial charge in [-0.2, -0.15) is 11.3 Å². The van der Waals surface area contributed by atoms with Crippen molar-refractivity contribution in [3.8, 4) is 5.75 Å². The van der Waals surface area contributed by atoms with Crippen LogP contribution in [-0.4, -0.2) is 7.11 Å². The first-order valence-corrected chi connectivity index (χ1v) is 5.89. The maximum Gasteiger partial charge on any atom is 0.173 e. The maximum absolute atomic E-state index is 13.9. The molecule has 0 unspecified atom stereocenters. The minimum Gasteiger partial charge on any atom is -0.494 e. The second-order valence-electron chi connectivity index (χ2n) is 3.51. The van der Waals surface area contributed by atoms with Gasteiger partial charge in [-0.15, -0.1) is 12.4 Å². The van der Waals surface area contributed by atoms with E-state index < -0.39 is 17.7 Å². The number of halogens is 3. The monoisotopic (exact) mass is 291 g/mol. The van der Waals surface area contributed by atoms with Crippen LogP contribution in [0.5, 0.6) is 5.75 Å². The Bertz CT molecular complexity index is 519. The maximum atomic E-state index is 13.9. The third-order valence-electron chi connectivity index (χ3n) is 2.52. The number of rotatable bonds is 3. The van der Waals surface area contributed by atoms with Crippen LogP contribution in [0.25, 0.3) is 0 Å². The van der Waals surface area contributed by atoms with Crippen molar-refractivity contribution in [3.05, 3.63) is 51.7 Å². The molecule has 0 aliphatic carbocycles. The van der Waals surface area contributed by atoms with Crippen LogP contribution in [0.15, 0.2) is 29.0 Å². The minimum absolute atomic E-state index is 0. The van der Waals surface area contributed by atoms with Crippen LogP contribution in [0.2, 0.25) is 0 Å². The van der Waals surface area contributed by atoms with Gasteiger partial charge < -0.3 is 10.5 Å². The Balaban J connectivity index is 0.00000162. The summed E-state index contributed by atoms with van der Waals surface area (Å²) in [4.78, 5) is 0. The zero-order valence-electron chi connectivity index (χ0n) is 9.52. The number of benzene rings is 1. The number of hydrogen-bond donors (Lipinski definition) is 1. The lowest BCUT2D eigenvalue weighted by Crippen LogP contribution is -2.15. The van der Waals surface area contributed by atoms with Crippen molar-refractivity contribution in [1.82, 2.24) is 0 Å². The van der Waals surface area contributed by atoms with Gasteiger partial charge in [0.2, 0.25) is 0 Å². The van der Waals surface area contributed by atoms with E-state index in [1.807, 2.05) is 5.38 Å². The first kappa shape index (κ1) is 14.9. The van der Waals surface area contributed by atoms with Gasteiger partial charge in [0.1, 0.15) is 5.82 Å². The first-order chi connectivity index (χ1) is 8.15. The second kappa shape index (κ2) is 6.13. The molecule has 0 aliphatic rings. The van der Waals surface area contributed by atoms with Gasteiger partial charge in [0, 0.05) is 5.56 Å². The number of nitrogens with two attached hydrogens (primary N) is 1. The standard InChI is InChI=1S/C12H11F2NOS.ClH/c1-16-9-3-2-8(13)10(11(9)14)12(15)7-4-5-17-6-7;/h2-6,12H,15H2,1H3;1H/t12-;/m0./s1. The molecule has 0 amide bonds. The van der Waals surface area contributed by atoms with Gasteiger partial charge in [-0.05, 0) is 34.5 Å². The molecule has 2 N–H and O–H groups in total. The Labute approximate surface area is 114 Å². The van der Waals surface area contributed by atoms with Crippen molar-refractivity contribution in [2.24, 2.45) is 5.73 Å². The van der Waals surface area contributed by atoms with Crippen molar-refractivity contribution < 1.29 is 13.5 Å². The second-order valence-corrected chi connectivity index (χ2v) is 4.29. The summed E-state index contributed by atoms with van der Waals surface area (Å²) in [6, 6.07) is 3.32. The van der Waals surface area contributed by atoms with Gasteiger partial charge >= 0.3 is 0 Å². The Morgan fingerprint density at radius 1 is 1.28 bits per heavy atom. The molecule has 0 saturated carbocycles. The van der Waals surface area contributed by atoms with Crippen LogP contribution >= 0.6 is 23.7 Å². The average molecular weight is 292 g/mol. The molecule has 0 radical (unpaired) electrons. The lowest BCUT2D eigenvalue weighted by molar-refractivity contribution is 0.379. The Morgan fingerprint density at radius 2 is 2.00 bits per heavy atom. The predicted octanol–water partition coefficient (Wildman–Crippen LogP) is 3.50. The Kier molecular flexibility index (Phi) is 5.07. The highest BCUT2D eigenvalue weighted by Crippen LogP contribution is 2.30. The van der Waals surface area contributed by atoms with Gasteiger partial charge in [0.15, 0.2) is 11.6 Å². The third kappa shape index (κ3) is 2.63. The van der Waals surface area contributed by atoms with Crippen LogP contribution in [0.3, 0.4) is 0 Å². The molecule has 1 aromatic carbocycles.